The second kappa shape index (κ2) is 3.93. The van der Waals surface area contributed by atoms with E-state index >= 15 is 0 Å². The van der Waals surface area contributed by atoms with Gasteiger partial charge in [0.05, 0.1) is 5.69 Å². The maximum atomic E-state index is 11.2. The molecule has 1 amide bonds. The van der Waals surface area contributed by atoms with Crippen molar-refractivity contribution in [1.82, 2.24) is 0 Å². The molecule has 0 radical (unpaired) electrons. The van der Waals surface area contributed by atoms with Crippen LogP contribution in [0.3, 0.4) is 0 Å². The Hall–Kier alpha value is -1.51. The summed E-state index contributed by atoms with van der Waals surface area (Å²) in [7, 11) is 0. The number of carboxylic acid groups (broad SMARTS) is 1. The van der Waals surface area contributed by atoms with Gasteiger partial charge in [-0.3, -0.25) is 4.90 Å². The van der Waals surface area contributed by atoms with Gasteiger partial charge in [0.1, 0.15) is 0 Å². The lowest BCUT2D eigenvalue weighted by molar-refractivity contribution is 0.195. The number of hydrogen-bond acceptors (Lipinski definition) is 1. The van der Waals surface area contributed by atoms with Crippen molar-refractivity contribution in [3.8, 4) is 0 Å². The number of anilines is 1. The van der Waals surface area contributed by atoms with E-state index in [1.165, 1.54) is 4.90 Å². The Balaban J connectivity index is 3.23. The number of para-hydroxylation sites is 1. The molecule has 0 atom stereocenters. The zero-order valence-electron chi connectivity index (χ0n) is 9.61. The standard InChI is InChI=1S/C12H17NO2/c1-9-7-5-6-8-10(9)13(11(14)15)12(2,3)4/h5-8H,1-4H3,(H,14,15). The summed E-state index contributed by atoms with van der Waals surface area (Å²) in [6, 6.07) is 7.50. The molecule has 1 rings (SSSR count). The van der Waals surface area contributed by atoms with Gasteiger partial charge in [-0.15, -0.1) is 0 Å². The zero-order chi connectivity index (χ0) is 11.6. The molecule has 0 spiro atoms. The highest BCUT2D eigenvalue weighted by Gasteiger charge is 2.28. The number of nitrogens with zero attached hydrogens (tertiary/aromatic N) is 1. The number of rotatable bonds is 1. The van der Waals surface area contributed by atoms with Crippen LogP contribution in [0.4, 0.5) is 10.5 Å². The van der Waals surface area contributed by atoms with E-state index in [1.807, 2.05) is 52.0 Å². The fourth-order valence-corrected chi connectivity index (χ4v) is 1.57. The third-order valence-corrected chi connectivity index (χ3v) is 2.22. The Morgan fingerprint density at radius 1 is 1.27 bits per heavy atom. The first-order valence-electron chi connectivity index (χ1n) is 4.93. The van der Waals surface area contributed by atoms with Gasteiger partial charge in [0.15, 0.2) is 0 Å². The molecule has 0 aliphatic rings. The van der Waals surface area contributed by atoms with Crippen LogP contribution in [0.1, 0.15) is 26.3 Å². The Labute approximate surface area is 90.3 Å². The average molecular weight is 207 g/mol. The number of carbonyl (C=O) groups is 1. The summed E-state index contributed by atoms with van der Waals surface area (Å²) in [5, 5.41) is 9.21. The number of amides is 1. The normalized spacial score (nSPS) is 11.2. The summed E-state index contributed by atoms with van der Waals surface area (Å²) < 4.78 is 0. The number of aryl methyl sites for hydroxylation is 1. The predicted octanol–water partition coefficient (Wildman–Crippen LogP) is 3.28. The van der Waals surface area contributed by atoms with E-state index < -0.39 is 11.6 Å². The third kappa shape index (κ3) is 2.49. The van der Waals surface area contributed by atoms with Crippen molar-refractivity contribution < 1.29 is 9.90 Å². The molecule has 0 unspecified atom stereocenters. The van der Waals surface area contributed by atoms with Gasteiger partial charge in [-0.2, -0.15) is 0 Å². The maximum Gasteiger partial charge on any atom is 0.412 e. The first-order valence-corrected chi connectivity index (χ1v) is 4.93. The summed E-state index contributed by atoms with van der Waals surface area (Å²) in [6.45, 7) is 7.56. The maximum absolute atomic E-state index is 11.2. The molecule has 0 aliphatic carbocycles. The van der Waals surface area contributed by atoms with Crippen molar-refractivity contribution in [3.05, 3.63) is 29.8 Å². The Bertz CT molecular complexity index is 366. The highest BCUT2D eigenvalue weighted by atomic mass is 16.4. The Morgan fingerprint density at radius 3 is 2.20 bits per heavy atom. The van der Waals surface area contributed by atoms with Gasteiger partial charge in [0, 0.05) is 5.54 Å². The van der Waals surface area contributed by atoms with E-state index in [9.17, 15) is 9.90 Å². The summed E-state index contributed by atoms with van der Waals surface area (Å²) in [5.74, 6) is 0. The van der Waals surface area contributed by atoms with E-state index in [0.717, 1.165) is 11.3 Å². The molecule has 0 saturated carbocycles. The third-order valence-electron chi connectivity index (χ3n) is 2.22. The molecular formula is C12H17NO2. The molecule has 1 aromatic rings. The molecular weight excluding hydrogens is 190 g/mol. The fourth-order valence-electron chi connectivity index (χ4n) is 1.57. The van der Waals surface area contributed by atoms with Crippen molar-refractivity contribution in [2.24, 2.45) is 0 Å². The van der Waals surface area contributed by atoms with E-state index in [0.29, 0.717) is 0 Å². The summed E-state index contributed by atoms with van der Waals surface area (Å²) in [5.41, 5.74) is 1.28. The van der Waals surface area contributed by atoms with E-state index in [4.69, 9.17) is 0 Å². The fraction of sp³-hybridized carbons (Fsp3) is 0.417. The Kier molecular flexibility index (Phi) is 3.03. The van der Waals surface area contributed by atoms with Crippen LogP contribution in [0.2, 0.25) is 0 Å². The van der Waals surface area contributed by atoms with Gasteiger partial charge < -0.3 is 5.11 Å². The minimum absolute atomic E-state index is 0.433. The van der Waals surface area contributed by atoms with Gasteiger partial charge in [-0.1, -0.05) is 18.2 Å². The summed E-state index contributed by atoms with van der Waals surface area (Å²) >= 11 is 0. The average Bonchev–Trinajstić information content (AvgIpc) is 2.05. The lowest BCUT2D eigenvalue weighted by Gasteiger charge is -2.34. The molecule has 3 heteroatoms. The molecule has 0 aromatic heterocycles. The zero-order valence-corrected chi connectivity index (χ0v) is 9.61. The van der Waals surface area contributed by atoms with Crippen LogP contribution in [0.15, 0.2) is 24.3 Å². The molecule has 15 heavy (non-hydrogen) atoms. The largest absolute Gasteiger partial charge is 0.465 e. The van der Waals surface area contributed by atoms with Crippen molar-refractivity contribution in [3.63, 3.8) is 0 Å². The van der Waals surface area contributed by atoms with Crippen LogP contribution in [0, 0.1) is 6.92 Å². The van der Waals surface area contributed by atoms with Crippen molar-refractivity contribution in [2.45, 2.75) is 33.2 Å². The van der Waals surface area contributed by atoms with Gasteiger partial charge >= 0.3 is 6.09 Å². The monoisotopic (exact) mass is 207 g/mol. The van der Waals surface area contributed by atoms with Crippen LogP contribution in [-0.2, 0) is 0 Å². The van der Waals surface area contributed by atoms with Gasteiger partial charge in [-0.05, 0) is 39.3 Å². The second-order valence-electron chi connectivity index (χ2n) is 4.58. The first-order chi connectivity index (χ1) is 6.84. The quantitative estimate of drug-likeness (QED) is 0.767. The van der Waals surface area contributed by atoms with Gasteiger partial charge in [-0.25, -0.2) is 4.79 Å². The smallest absolute Gasteiger partial charge is 0.412 e. The van der Waals surface area contributed by atoms with Crippen LogP contribution in [0.5, 0.6) is 0 Å². The lowest BCUT2D eigenvalue weighted by atomic mass is 10.0. The highest BCUT2D eigenvalue weighted by Crippen LogP contribution is 2.26. The van der Waals surface area contributed by atoms with Crippen molar-refractivity contribution in [1.29, 1.82) is 0 Å². The van der Waals surface area contributed by atoms with Crippen LogP contribution in [0.25, 0.3) is 0 Å². The predicted molar refractivity (Wildman–Crippen MR) is 61.4 cm³/mol. The van der Waals surface area contributed by atoms with E-state index in [1.54, 1.807) is 0 Å². The molecule has 1 N–H and O–H groups in total. The minimum atomic E-state index is -0.920. The molecule has 3 nitrogen and oxygen atoms in total. The van der Waals surface area contributed by atoms with Crippen molar-refractivity contribution in [2.75, 3.05) is 4.90 Å². The summed E-state index contributed by atoms with van der Waals surface area (Å²) in [6.07, 6.45) is -0.920. The van der Waals surface area contributed by atoms with Crippen LogP contribution in [-0.4, -0.2) is 16.7 Å². The van der Waals surface area contributed by atoms with Gasteiger partial charge in [0.2, 0.25) is 0 Å². The lowest BCUT2D eigenvalue weighted by Crippen LogP contribution is -2.45. The molecule has 0 saturated heterocycles. The SMILES string of the molecule is Cc1ccccc1N(C(=O)O)C(C)(C)C. The van der Waals surface area contributed by atoms with E-state index in [2.05, 4.69) is 0 Å². The molecule has 0 fully saturated rings. The Morgan fingerprint density at radius 2 is 1.80 bits per heavy atom. The molecule has 0 aliphatic heterocycles. The second-order valence-corrected chi connectivity index (χ2v) is 4.58. The van der Waals surface area contributed by atoms with Gasteiger partial charge in [0.25, 0.3) is 0 Å². The topological polar surface area (TPSA) is 40.5 Å². The van der Waals surface area contributed by atoms with E-state index in [-0.39, 0.29) is 0 Å². The molecule has 0 heterocycles. The van der Waals surface area contributed by atoms with Crippen molar-refractivity contribution >= 4 is 11.8 Å². The van der Waals surface area contributed by atoms with Crippen LogP contribution < -0.4 is 4.90 Å². The summed E-state index contributed by atoms with van der Waals surface area (Å²) in [4.78, 5) is 12.6. The number of benzene rings is 1. The number of hydrogen-bond donors (Lipinski definition) is 1. The highest BCUT2D eigenvalue weighted by molar-refractivity contribution is 5.88. The molecule has 1 aromatic carbocycles. The minimum Gasteiger partial charge on any atom is -0.465 e. The molecule has 0 bridgehead atoms. The molecule has 82 valence electrons. The first kappa shape index (κ1) is 11.6. The van der Waals surface area contributed by atoms with Crippen LogP contribution >= 0.6 is 0 Å².